The molecular formula is C24H21N3O5. The van der Waals surface area contributed by atoms with Crippen LogP contribution in [0.15, 0.2) is 59.0 Å². The molecule has 0 aliphatic carbocycles. The van der Waals surface area contributed by atoms with Gasteiger partial charge in [0.1, 0.15) is 11.3 Å². The van der Waals surface area contributed by atoms with Crippen LogP contribution in [0.4, 0.5) is 10.5 Å². The Hall–Kier alpha value is -3.94. The van der Waals surface area contributed by atoms with Gasteiger partial charge < -0.3 is 14.6 Å². The first kappa shape index (κ1) is 20.0. The number of urea groups is 1. The second-order valence-electron chi connectivity index (χ2n) is 8.21. The lowest BCUT2D eigenvalue weighted by atomic mass is 9.98. The molecule has 5 rings (SSSR count). The van der Waals surface area contributed by atoms with Gasteiger partial charge in [-0.1, -0.05) is 18.2 Å². The number of fused-ring (bicyclic) bond motifs is 1. The first-order valence-electron chi connectivity index (χ1n) is 10.4. The summed E-state index contributed by atoms with van der Waals surface area (Å²) >= 11 is 0. The lowest BCUT2D eigenvalue weighted by molar-refractivity contribution is -0.131. The quantitative estimate of drug-likeness (QED) is 0.494. The molecule has 1 N–H and O–H groups in total. The van der Waals surface area contributed by atoms with Crippen LogP contribution in [-0.2, 0) is 15.1 Å². The minimum absolute atomic E-state index is 0.0632. The van der Waals surface area contributed by atoms with Crippen molar-refractivity contribution in [3.63, 3.8) is 0 Å². The number of nitrogens with zero attached hydrogens (tertiary/aromatic N) is 2. The molecule has 2 aromatic carbocycles. The lowest BCUT2D eigenvalue weighted by Gasteiger charge is -2.19. The molecule has 2 fully saturated rings. The number of carbonyl (C=O) groups excluding carboxylic acids is 4. The Morgan fingerprint density at radius 1 is 1.09 bits per heavy atom. The van der Waals surface area contributed by atoms with Crippen LogP contribution in [0.1, 0.15) is 35.9 Å². The Kier molecular flexibility index (Phi) is 4.58. The number of rotatable bonds is 5. The third-order valence-corrected chi connectivity index (χ3v) is 6.07. The van der Waals surface area contributed by atoms with Crippen LogP contribution in [0, 0.1) is 0 Å². The molecular weight excluding hydrogens is 410 g/mol. The molecule has 1 atom stereocenters. The van der Waals surface area contributed by atoms with Crippen LogP contribution in [0.2, 0.25) is 0 Å². The molecule has 4 amide bonds. The van der Waals surface area contributed by atoms with Crippen molar-refractivity contribution in [2.75, 3.05) is 18.0 Å². The Labute approximate surface area is 183 Å². The number of hydrogen-bond donors (Lipinski definition) is 1. The average molecular weight is 431 g/mol. The van der Waals surface area contributed by atoms with Gasteiger partial charge in [0.2, 0.25) is 5.91 Å². The van der Waals surface area contributed by atoms with Gasteiger partial charge in [-0.15, -0.1) is 0 Å². The summed E-state index contributed by atoms with van der Waals surface area (Å²) in [5, 5.41) is 3.48. The average Bonchev–Trinajstić information content (AvgIpc) is 3.47. The molecule has 8 nitrogen and oxygen atoms in total. The first-order valence-corrected chi connectivity index (χ1v) is 10.4. The highest BCUT2D eigenvalue weighted by Gasteiger charge is 2.51. The molecule has 162 valence electrons. The zero-order chi connectivity index (χ0) is 22.5. The minimum atomic E-state index is -1.39. The zero-order valence-electron chi connectivity index (χ0n) is 17.5. The van der Waals surface area contributed by atoms with Crippen molar-refractivity contribution in [3.05, 3.63) is 65.9 Å². The highest BCUT2D eigenvalue weighted by molar-refractivity contribution is 6.11. The molecule has 1 aromatic heterocycles. The SMILES string of the molecule is C[C@@]1(c2cc3ccccc3o2)NC(=O)N(CC(=O)c2ccc(N3CCCC3=O)cc2)C1=O. The summed E-state index contributed by atoms with van der Waals surface area (Å²) in [5.41, 5.74) is 0.308. The van der Waals surface area contributed by atoms with E-state index >= 15 is 0 Å². The fourth-order valence-electron chi connectivity index (χ4n) is 4.22. The van der Waals surface area contributed by atoms with Gasteiger partial charge in [0.15, 0.2) is 11.3 Å². The van der Waals surface area contributed by atoms with Gasteiger partial charge in [0.05, 0.1) is 6.54 Å². The maximum Gasteiger partial charge on any atom is 0.325 e. The highest BCUT2D eigenvalue weighted by Crippen LogP contribution is 2.33. The van der Waals surface area contributed by atoms with E-state index in [4.69, 9.17) is 4.42 Å². The molecule has 32 heavy (non-hydrogen) atoms. The summed E-state index contributed by atoms with van der Waals surface area (Å²) in [6.45, 7) is 1.84. The summed E-state index contributed by atoms with van der Waals surface area (Å²) in [6, 6.07) is 15.0. The summed E-state index contributed by atoms with van der Waals surface area (Å²) in [7, 11) is 0. The number of benzene rings is 2. The van der Waals surface area contributed by atoms with E-state index in [0.717, 1.165) is 22.4 Å². The molecule has 0 spiro atoms. The number of nitrogens with one attached hydrogen (secondary N) is 1. The standard InChI is InChI=1S/C24H21N3O5/c1-24(20-13-16-5-2-3-6-19(16)32-20)22(30)27(23(31)25-24)14-18(28)15-8-10-17(11-9-15)26-12-4-7-21(26)29/h2-3,5-6,8-11,13H,4,7,12,14H2,1H3,(H,25,31)/t24-/m0/s1. The van der Waals surface area contributed by atoms with E-state index in [1.165, 1.54) is 0 Å². The van der Waals surface area contributed by atoms with E-state index in [9.17, 15) is 19.2 Å². The third-order valence-electron chi connectivity index (χ3n) is 6.07. The van der Waals surface area contributed by atoms with Gasteiger partial charge in [-0.2, -0.15) is 0 Å². The van der Waals surface area contributed by atoms with E-state index in [2.05, 4.69) is 5.32 Å². The lowest BCUT2D eigenvalue weighted by Crippen LogP contribution is -2.41. The van der Waals surface area contributed by atoms with Gasteiger partial charge in [-0.05, 0) is 49.7 Å². The number of Topliss-reactive ketones (excluding diaryl/α,β-unsaturated/α-hetero) is 1. The van der Waals surface area contributed by atoms with E-state index in [-0.39, 0.29) is 18.2 Å². The van der Waals surface area contributed by atoms with Crippen LogP contribution in [-0.4, -0.2) is 41.6 Å². The van der Waals surface area contributed by atoms with Crippen molar-refractivity contribution in [1.82, 2.24) is 10.2 Å². The fourth-order valence-corrected chi connectivity index (χ4v) is 4.22. The molecule has 0 bridgehead atoms. The molecule has 8 heteroatoms. The molecule has 3 aromatic rings. The van der Waals surface area contributed by atoms with Crippen LogP contribution >= 0.6 is 0 Å². The maximum absolute atomic E-state index is 13.1. The van der Waals surface area contributed by atoms with Crippen LogP contribution in [0.5, 0.6) is 0 Å². The molecule has 0 unspecified atom stereocenters. The molecule has 2 aliphatic rings. The fraction of sp³-hybridized carbons (Fsp3) is 0.250. The molecule has 2 aliphatic heterocycles. The van der Waals surface area contributed by atoms with Crippen molar-refractivity contribution >= 4 is 40.3 Å². The van der Waals surface area contributed by atoms with Crippen LogP contribution in [0.25, 0.3) is 11.0 Å². The molecule has 0 saturated carbocycles. The molecule has 2 saturated heterocycles. The van der Waals surface area contributed by atoms with Gasteiger partial charge >= 0.3 is 6.03 Å². The monoisotopic (exact) mass is 431 g/mol. The van der Waals surface area contributed by atoms with Gasteiger partial charge in [-0.25, -0.2) is 4.79 Å². The smallest absolute Gasteiger partial charge is 0.325 e. The Balaban J connectivity index is 1.34. The number of hydrogen-bond acceptors (Lipinski definition) is 5. The third kappa shape index (κ3) is 3.15. The zero-order valence-corrected chi connectivity index (χ0v) is 17.5. The van der Waals surface area contributed by atoms with Crippen molar-refractivity contribution in [2.24, 2.45) is 0 Å². The second kappa shape index (κ2) is 7.33. The van der Waals surface area contributed by atoms with Gasteiger partial charge in [0, 0.05) is 29.6 Å². The maximum atomic E-state index is 13.1. The number of carbonyl (C=O) groups is 4. The summed E-state index contributed by atoms with van der Waals surface area (Å²) in [6.07, 6.45) is 1.34. The van der Waals surface area contributed by atoms with Crippen molar-refractivity contribution < 1.29 is 23.6 Å². The normalized spacial score (nSPS) is 21.0. The van der Waals surface area contributed by atoms with Gasteiger partial charge in [0.25, 0.3) is 5.91 Å². The van der Waals surface area contributed by atoms with Crippen LogP contribution in [0.3, 0.4) is 0 Å². The number of imide groups is 1. The summed E-state index contributed by atoms with van der Waals surface area (Å²) in [4.78, 5) is 53.0. The van der Waals surface area contributed by atoms with Crippen molar-refractivity contribution in [1.29, 1.82) is 0 Å². The molecule has 3 heterocycles. The van der Waals surface area contributed by atoms with E-state index in [0.29, 0.717) is 29.9 Å². The molecule has 0 radical (unpaired) electrons. The van der Waals surface area contributed by atoms with Gasteiger partial charge in [-0.3, -0.25) is 19.3 Å². The first-order chi connectivity index (χ1) is 15.4. The Bertz CT molecular complexity index is 1230. The minimum Gasteiger partial charge on any atom is -0.458 e. The number of anilines is 1. The number of amides is 4. The second-order valence-corrected chi connectivity index (χ2v) is 8.21. The predicted molar refractivity (Wildman–Crippen MR) is 116 cm³/mol. The Morgan fingerprint density at radius 2 is 1.84 bits per heavy atom. The highest BCUT2D eigenvalue weighted by atomic mass is 16.3. The van der Waals surface area contributed by atoms with Crippen LogP contribution < -0.4 is 10.2 Å². The van der Waals surface area contributed by atoms with E-state index in [1.807, 2.05) is 18.2 Å². The van der Waals surface area contributed by atoms with Crippen molar-refractivity contribution in [2.45, 2.75) is 25.3 Å². The number of ketones is 1. The number of furan rings is 1. The largest absolute Gasteiger partial charge is 0.458 e. The summed E-state index contributed by atoms with van der Waals surface area (Å²) in [5.74, 6) is -0.546. The van der Waals surface area contributed by atoms with E-state index < -0.39 is 17.5 Å². The predicted octanol–water partition coefficient (Wildman–Crippen LogP) is 3.21. The van der Waals surface area contributed by atoms with E-state index in [1.54, 1.807) is 48.2 Å². The Morgan fingerprint density at radius 3 is 2.53 bits per heavy atom. The topological polar surface area (TPSA) is 99.9 Å². The summed E-state index contributed by atoms with van der Waals surface area (Å²) < 4.78 is 5.80. The van der Waals surface area contributed by atoms with Crippen molar-refractivity contribution in [3.8, 4) is 0 Å². The number of para-hydroxylation sites is 1.